The van der Waals surface area contributed by atoms with E-state index in [4.69, 9.17) is 8.83 Å². The van der Waals surface area contributed by atoms with Gasteiger partial charge in [0.2, 0.25) is 6.71 Å². The summed E-state index contributed by atoms with van der Waals surface area (Å²) < 4.78 is 13.4. The Hall–Kier alpha value is -5.97. The van der Waals surface area contributed by atoms with Crippen LogP contribution in [0.1, 0.15) is 11.1 Å². The van der Waals surface area contributed by atoms with Crippen molar-refractivity contribution in [2.75, 3.05) is 0 Å². The van der Waals surface area contributed by atoms with Gasteiger partial charge in [-0.05, 0) is 56.0 Å². The van der Waals surface area contributed by atoms with E-state index < -0.39 is 10.0 Å². The standard InChI is InChI=1S/C46H29BO2S/c1-2-14-30(15-3-1)47-39-22-6-10-26-43(39)50(44-27-11-7-23-40(44)47)28-37(35-20-12-18-33-31-16-4-8-24-41(31)48-45(33)35)38(29-50)36-21-13-19-34-32-17-5-9-25-42(32)49-46(34)36/h1-29H. The Morgan fingerprint density at radius 1 is 0.380 bits per heavy atom. The first-order valence-corrected chi connectivity index (χ1v) is 18.9. The number of hydrogen-bond donors (Lipinski definition) is 0. The Morgan fingerprint density at radius 2 is 0.820 bits per heavy atom. The smallest absolute Gasteiger partial charge is 0.244 e. The maximum Gasteiger partial charge on any atom is 0.244 e. The first-order valence-electron chi connectivity index (χ1n) is 17.1. The maximum absolute atomic E-state index is 6.72. The Kier molecular flexibility index (Phi) is 5.87. The van der Waals surface area contributed by atoms with Gasteiger partial charge in [0.25, 0.3) is 0 Å². The molecule has 2 aromatic heterocycles. The molecule has 0 atom stereocenters. The molecule has 11 rings (SSSR count). The van der Waals surface area contributed by atoms with Crippen LogP contribution in [0.3, 0.4) is 0 Å². The van der Waals surface area contributed by atoms with E-state index in [1.165, 1.54) is 37.3 Å². The predicted molar refractivity (Wildman–Crippen MR) is 211 cm³/mol. The van der Waals surface area contributed by atoms with Crippen molar-refractivity contribution >= 4 is 88.2 Å². The molecule has 0 amide bonds. The zero-order valence-electron chi connectivity index (χ0n) is 27.0. The van der Waals surface area contributed by atoms with Crippen molar-refractivity contribution < 1.29 is 8.83 Å². The third-order valence-electron chi connectivity index (χ3n) is 10.6. The predicted octanol–water partition coefficient (Wildman–Crippen LogP) is 10.6. The number of furan rings is 2. The topological polar surface area (TPSA) is 26.3 Å². The Balaban J connectivity index is 1.26. The summed E-state index contributed by atoms with van der Waals surface area (Å²) in [4.78, 5) is 2.77. The fourth-order valence-electron chi connectivity index (χ4n) is 8.47. The number of hydrogen-bond acceptors (Lipinski definition) is 2. The second kappa shape index (κ2) is 10.5. The van der Waals surface area contributed by atoms with Gasteiger partial charge in [-0.15, -0.1) is 10.0 Å². The van der Waals surface area contributed by atoms with E-state index in [0.29, 0.717) is 0 Å². The molecule has 9 aromatic rings. The van der Waals surface area contributed by atoms with Crippen LogP contribution in [0.4, 0.5) is 0 Å². The molecule has 1 spiro atoms. The zero-order chi connectivity index (χ0) is 32.8. The first kappa shape index (κ1) is 27.9. The maximum atomic E-state index is 6.72. The number of allylic oxidation sites excluding steroid dienone is 2. The fraction of sp³-hybridized carbons (Fsp3) is 0. The fourth-order valence-corrected chi connectivity index (χ4v) is 12.3. The quantitative estimate of drug-likeness (QED) is 0.177. The third-order valence-corrected chi connectivity index (χ3v) is 14.0. The van der Waals surface area contributed by atoms with Gasteiger partial charge in [-0.25, -0.2) is 0 Å². The minimum absolute atomic E-state index is 0.147. The van der Waals surface area contributed by atoms with E-state index >= 15 is 0 Å². The van der Waals surface area contributed by atoms with E-state index in [9.17, 15) is 0 Å². The molecule has 4 heteroatoms. The van der Waals surface area contributed by atoms with Gasteiger partial charge in [-0.1, -0.05) is 156 Å². The lowest BCUT2D eigenvalue weighted by Gasteiger charge is -2.42. The molecule has 0 saturated heterocycles. The summed E-state index contributed by atoms with van der Waals surface area (Å²) in [6.45, 7) is 0.147. The summed E-state index contributed by atoms with van der Waals surface area (Å²) in [5.74, 6) is 0. The van der Waals surface area contributed by atoms with E-state index in [2.05, 4.69) is 162 Å². The van der Waals surface area contributed by atoms with Crippen LogP contribution in [-0.2, 0) is 0 Å². The molecule has 0 fully saturated rings. The SMILES string of the molecule is C1=C(c2cccc3c2oc2ccccc23)C(c2cccc3c2oc2ccccc23)=CS12c1ccccc1B(c1ccccc1)c1ccccc12. The van der Waals surface area contributed by atoms with Crippen molar-refractivity contribution in [3.63, 3.8) is 0 Å². The van der Waals surface area contributed by atoms with Crippen LogP contribution in [-0.4, -0.2) is 6.71 Å². The van der Waals surface area contributed by atoms with Crippen molar-refractivity contribution in [3.8, 4) is 0 Å². The van der Waals surface area contributed by atoms with Gasteiger partial charge in [0.15, 0.2) is 0 Å². The number of benzene rings is 7. The molecule has 2 aliphatic rings. The lowest BCUT2D eigenvalue weighted by atomic mass is 9.36. The highest BCUT2D eigenvalue weighted by Gasteiger charge is 2.43. The number of fused-ring (bicyclic) bond motifs is 10. The molecule has 7 aromatic carbocycles. The summed E-state index contributed by atoms with van der Waals surface area (Å²) in [5, 5.41) is 9.70. The zero-order valence-corrected chi connectivity index (χ0v) is 27.9. The summed E-state index contributed by atoms with van der Waals surface area (Å²) in [6.07, 6.45) is 0. The van der Waals surface area contributed by atoms with Crippen LogP contribution in [0.15, 0.2) is 193 Å². The summed E-state index contributed by atoms with van der Waals surface area (Å²) in [6, 6.07) is 59.1. The lowest BCUT2D eigenvalue weighted by molar-refractivity contribution is 0.667. The highest BCUT2D eigenvalue weighted by Crippen LogP contribution is 2.72. The molecule has 0 aliphatic carbocycles. The third kappa shape index (κ3) is 3.82. The van der Waals surface area contributed by atoms with Gasteiger partial charge in [-0.2, -0.15) is 0 Å². The van der Waals surface area contributed by atoms with Crippen LogP contribution in [0.25, 0.3) is 55.0 Å². The summed E-state index contributed by atoms with van der Waals surface area (Å²) >= 11 is 0. The van der Waals surface area contributed by atoms with Crippen LogP contribution >= 0.6 is 10.0 Å². The Labute approximate surface area is 291 Å². The van der Waals surface area contributed by atoms with E-state index in [1.54, 1.807) is 0 Å². The van der Waals surface area contributed by atoms with Crippen LogP contribution < -0.4 is 16.4 Å². The van der Waals surface area contributed by atoms with Gasteiger partial charge in [0.05, 0.1) is 0 Å². The van der Waals surface area contributed by atoms with E-state index in [0.717, 1.165) is 55.0 Å². The molecule has 234 valence electrons. The largest absolute Gasteiger partial charge is 0.455 e. The lowest BCUT2D eigenvalue weighted by Crippen LogP contribution is -2.56. The van der Waals surface area contributed by atoms with Crippen LogP contribution in [0, 0.1) is 0 Å². The molecule has 0 saturated carbocycles. The van der Waals surface area contributed by atoms with Gasteiger partial charge < -0.3 is 8.83 Å². The van der Waals surface area contributed by atoms with E-state index in [-0.39, 0.29) is 6.71 Å². The second-order valence-electron chi connectivity index (χ2n) is 13.3. The van der Waals surface area contributed by atoms with Crippen LogP contribution in [0.2, 0.25) is 0 Å². The van der Waals surface area contributed by atoms with Crippen molar-refractivity contribution in [2.45, 2.75) is 9.79 Å². The molecule has 2 nitrogen and oxygen atoms in total. The average Bonchev–Trinajstić information content (AvgIpc) is 3.88. The molecule has 0 N–H and O–H groups in total. The van der Waals surface area contributed by atoms with Crippen molar-refractivity contribution in [3.05, 3.63) is 186 Å². The van der Waals surface area contributed by atoms with Crippen molar-refractivity contribution in [1.82, 2.24) is 0 Å². The molecule has 50 heavy (non-hydrogen) atoms. The van der Waals surface area contributed by atoms with Crippen LogP contribution in [0.5, 0.6) is 0 Å². The molecular formula is C46H29BO2S. The second-order valence-corrected chi connectivity index (χ2v) is 16.0. The number of rotatable bonds is 3. The normalized spacial score (nSPS) is 15.4. The summed E-state index contributed by atoms with van der Waals surface area (Å²) in [5.41, 5.74) is 12.2. The first-order chi connectivity index (χ1) is 24.8. The molecule has 2 aliphatic heterocycles. The molecule has 0 unspecified atom stereocenters. The minimum Gasteiger partial charge on any atom is -0.455 e. The highest BCUT2D eigenvalue weighted by atomic mass is 32.3. The molecule has 0 bridgehead atoms. The Bertz CT molecular complexity index is 2710. The van der Waals surface area contributed by atoms with Gasteiger partial charge in [0, 0.05) is 32.7 Å². The molecule has 4 heterocycles. The highest BCUT2D eigenvalue weighted by molar-refractivity contribution is 8.39. The van der Waals surface area contributed by atoms with Gasteiger partial charge in [0.1, 0.15) is 22.3 Å². The van der Waals surface area contributed by atoms with Crippen molar-refractivity contribution in [2.24, 2.45) is 0 Å². The average molecular weight is 657 g/mol. The van der Waals surface area contributed by atoms with E-state index in [1.807, 2.05) is 12.1 Å². The van der Waals surface area contributed by atoms with Gasteiger partial charge in [-0.3, -0.25) is 0 Å². The number of para-hydroxylation sites is 4. The minimum atomic E-state index is -1.82. The molecule has 0 radical (unpaired) electrons. The monoisotopic (exact) mass is 656 g/mol. The Morgan fingerprint density at radius 3 is 1.36 bits per heavy atom. The van der Waals surface area contributed by atoms with Gasteiger partial charge >= 0.3 is 0 Å². The summed E-state index contributed by atoms with van der Waals surface area (Å²) in [7, 11) is -1.82. The molecular weight excluding hydrogens is 627 g/mol. The van der Waals surface area contributed by atoms with Crippen molar-refractivity contribution in [1.29, 1.82) is 0 Å².